The maximum absolute atomic E-state index is 13.2. The second-order valence-electron chi connectivity index (χ2n) is 4.71. The van der Waals surface area contributed by atoms with Crippen LogP contribution in [0.25, 0.3) is 0 Å². The molecular formula is C15H20FNO3. The summed E-state index contributed by atoms with van der Waals surface area (Å²) in [5.41, 5.74) is 0.716. The Bertz CT molecular complexity index is 445. The SMILES string of the molecule is CCCC(F)CCCC(=O)Nc1ccc(C(=O)O)cc1. The van der Waals surface area contributed by atoms with Crippen molar-refractivity contribution >= 4 is 17.6 Å². The molecule has 1 amide bonds. The number of nitrogens with one attached hydrogen (secondary N) is 1. The molecule has 0 aliphatic rings. The van der Waals surface area contributed by atoms with Gasteiger partial charge >= 0.3 is 5.97 Å². The van der Waals surface area contributed by atoms with Gasteiger partial charge in [0.15, 0.2) is 0 Å². The predicted molar refractivity (Wildman–Crippen MR) is 75.7 cm³/mol. The fourth-order valence-electron chi connectivity index (χ4n) is 1.86. The zero-order valence-electron chi connectivity index (χ0n) is 11.6. The predicted octanol–water partition coefficient (Wildman–Crippen LogP) is 3.63. The van der Waals surface area contributed by atoms with Crippen LogP contribution in [0, 0.1) is 0 Å². The number of anilines is 1. The van der Waals surface area contributed by atoms with Crippen LogP contribution in [0.15, 0.2) is 24.3 Å². The Hall–Kier alpha value is -1.91. The van der Waals surface area contributed by atoms with E-state index in [4.69, 9.17) is 5.11 Å². The number of rotatable bonds is 8. The van der Waals surface area contributed by atoms with Crippen molar-refractivity contribution in [2.45, 2.75) is 45.2 Å². The maximum Gasteiger partial charge on any atom is 0.335 e. The highest BCUT2D eigenvalue weighted by molar-refractivity contribution is 5.92. The van der Waals surface area contributed by atoms with Gasteiger partial charge in [-0.05, 0) is 43.5 Å². The van der Waals surface area contributed by atoms with Gasteiger partial charge < -0.3 is 10.4 Å². The zero-order chi connectivity index (χ0) is 15.0. The van der Waals surface area contributed by atoms with Crippen molar-refractivity contribution in [2.75, 3.05) is 5.32 Å². The van der Waals surface area contributed by atoms with Gasteiger partial charge in [-0.1, -0.05) is 13.3 Å². The molecule has 5 heteroatoms. The molecule has 0 aliphatic heterocycles. The minimum absolute atomic E-state index is 0.169. The molecule has 20 heavy (non-hydrogen) atoms. The topological polar surface area (TPSA) is 66.4 Å². The minimum atomic E-state index is -1.01. The summed E-state index contributed by atoms with van der Waals surface area (Å²) in [5, 5.41) is 11.4. The number of amides is 1. The standard InChI is InChI=1S/C15H20FNO3/c1-2-4-12(16)5-3-6-14(18)17-13-9-7-11(8-10-13)15(19)20/h7-10,12H,2-6H2,1H3,(H,17,18)(H,19,20). The Kier molecular flexibility index (Phi) is 6.70. The highest BCUT2D eigenvalue weighted by atomic mass is 19.1. The van der Waals surface area contributed by atoms with E-state index < -0.39 is 12.1 Å². The van der Waals surface area contributed by atoms with E-state index in [0.717, 1.165) is 6.42 Å². The zero-order valence-corrected chi connectivity index (χ0v) is 11.6. The van der Waals surface area contributed by atoms with Gasteiger partial charge in [0.25, 0.3) is 0 Å². The first-order valence-electron chi connectivity index (χ1n) is 6.80. The van der Waals surface area contributed by atoms with E-state index in [1.807, 2.05) is 6.92 Å². The fraction of sp³-hybridized carbons (Fsp3) is 0.467. The summed E-state index contributed by atoms with van der Waals surface area (Å²) < 4.78 is 13.2. The lowest BCUT2D eigenvalue weighted by atomic mass is 10.1. The highest BCUT2D eigenvalue weighted by Crippen LogP contribution is 2.13. The van der Waals surface area contributed by atoms with E-state index >= 15 is 0 Å². The van der Waals surface area contributed by atoms with E-state index in [1.54, 1.807) is 0 Å². The smallest absolute Gasteiger partial charge is 0.335 e. The number of carboxylic acids is 1. The molecule has 110 valence electrons. The monoisotopic (exact) mass is 281 g/mol. The molecule has 2 N–H and O–H groups in total. The summed E-state index contributed by atoms with van der Waals surface area (Å²) in [6, 6.07) is 5.93. The van der Waals surface area contributed by atoms with Crippen LogP contribution in [0.5, 0.6) is 0 Å². The summed E-state index contributed by atoms with van der Waals surface area (Å²) >= 11 is 0. The van der Waals surface area contributed by atoms with Crippen molar-refractivity contribution in [3.63, 3.8) is 0 Å². The van der Waals surface area contributed by atoms with Crippen molar-refractivity contribution in [1.82, 2.24) is 0 Å². The number of aromatic carboxylic acids is 1. The summed E-state index contributed by atoms with van der Waals surface area (Å²) in [6.45, 7) is 1.93. The number of carboxylic acid groups (broad SMARTS) is 1. The van der Waals surface area contributed by atoms with Crippen molar-refractivity contribution in [2.24, 2.45) is 0 Å². The molecule has 4 nitrogen and oxygen atoms in total. The normalized spacial score (nSPS) is 11.9. The number of carbonyl (C=O) groups is 2. The second kappa shape index (κ2) is 8.30. The van der Waals surface area contributed by atoms with E-state index in [2.05, 4.69) is 5.32 Å². The molecular weight excluding hydrogens is 261 g/mol. The fourth-order valence-corrected chi connectivity index (χ4v) is 1.86. The quantitative estimate of drug-likeness (QED) is 0.764. The van der Waals surface area contributed by atoms with Crippen LogP contribution in [0.3, 0.4) is 0 Å². The van der Waals surface area contributed by atoms with Gasteiger partial charge in [0.1, 0.15) is 6.17 Å². The number of hydrogen-bond donors (Lipinski definition) is 2. The van der Waals surface area contributed by atoms with Crippen LogP contribution in [-0.2, 0) is 4.79 Å². The number of alkyl halides is 1. The molecule has 1 atom stereocenters. The van der Waals surface area contributed by atoms with Gasteiger partial charge in [-0.25, -0.2) is 9.18 Å². The minimum Gasteiger partial charge on any atom is -0.478 e. The average molecular weight is 281 g/mol. The van der Waals surface area contributed by atoms with Crippen LogP contribution in [0.2, 0.25) is 0 Å². The van der Waals surface area contributed by atoms with Crippen LogP contribution < -0.4 is 5.32 Å². The molecule has 0 heterocycles. The Labute approximate surface area is 118 Å². The number of hydrogen-bond acceptors (Lipinski definition) is 2. The van der Waals surface area contributed by atoms with Crippen LogP contribution >= 0.6 is 0 Å². The number of halogens is 1. The Morgan fingerprint density at radius 2 is 1.90 bits per heavy atom. The first-order valence-corrected chi connectivity index (χ1v) is 6.80. The van der Waals surface area contributed by atoms with Crippen molar-refractivity contribution in [3.8, 4) is 0 Å². The number of carbonyl (C=O) groups excluding carboxylic acids is 1. The molecule has 0 radical (unpaired) electrons. The van der Waals surface area contributed by atoms with Crippen molar-refractivity contribution in [3.05, 3.63) is 29.8 Å². The van der Waals surface area contributed by atoms with Crippen molar-refractivity contribution in [1.29, 1.82) is 0 Å². The van der Waals surface area contributed by atoms with Crippen LogP contribution in [0.1, 0.15) is 49.4 Å². The van der Waals surface area contributed by atoms with Gasteiger partial charge in [0.05, 0.1) is 5.56 Å². The van der Waals surface area contributed by atoms with E-state index in [-0.39, 0.29) is 17.9 Å². The number of benzene rings is 1. The van der Waals surface area contributed by atoms with Gasteiger partial charge in [-0.2, -0.15) is 0 Å². The molecule has 0 aliphatic carbocycles. The Balaban J connectivity index is 2.33. The third-order valence-corrected chi connectivity index (χ3v) is 2.94. The second-order valence-corrected chi connectivity index (χ2v) is 4.71. The molecule has 0 fully saturated rings. The van der Waals surface area contributed by atoms with Crippen LogP contribution in [0.4, 0.5) is 10.1 Å². The first kappa shape index (κ1) is 16.1. The third kappa shape index (κ3) is 5.82. The molecule has 1 rings (SSSR count). The Morgan fingerprint density at radius 1 is 1.25 bits per heavy atom. The molecule has 0 saturated heterocycles. The highest BCUT2D eigenvalue weighted by Gasteiger charge is 2.08. The summed E-state index contributed by atoms with van der Waals surface area (Å²) in [5.74, 6) is -1.19. The average Bonchev–Trinajstić information content (AvgIpc) is 2.39. The third-order valence-electron chi connectivity index (χ3n) is 2.94. The van der Waals surface area contributed by atoms with E-state index in [0.29, 0.717) is 24.9 Å². The largest absolute Gasteiger partial charge is 0.478 e. The van der Waals surface area contributed by atoms with Crippen molar-refractivity contribution < 1.29 is 19.1 Å². The summed E-state index contributed by atoms with van der Waals surface area (Å²) in [4.78, 5) is 22.3. The Morgan fingerprint density at radius 3 is 2.45 bits per heavy atom. The molecule has 0 bridgehead atoms. The summed E-state index contributed by atoms with van der Waals surface area (Å²) in [7, 11) is 0. The molecule has 0 aromatic heterocycles. The molecule has 1 aromatic carbocycles. The molecule has 1 unspecified atom stereocenters. The lowest BCUT2D eigenvalue weighted by Gasteiger charge is -2.07. The summed E-state index contributed by atoms with van der Waals surface area (Å²) in [6.07, 6.45) is 1.70. The molecule has 0 saturated carbocycles. The first-order chi connectivity index (χ1) is 9.52. The van der Waals surface area contributed by atoms with E-state index in [1.165, 1.54) is 24.3 Å². The maximum atomic E-state index is 13.2. The molecule has 0 spiro atoms. The van der Waals surface area contributed by atoms with Crippen LogP contribution in [-0.4, -0.2) is 23.2 Å². The van der Waals surface area contributed by atoms with Gasteiger partial charge in [-0.15, -0.1) is 0 Å². The lowest BCUT2D eigenvalue weighted by Crippen LogP contribution is -2.12. The van der Waals surface area contributed by atoms with E-state index in [9.17, 15) is 14.0 Å². The van der Waals surface area contributed by atoms with Gasteiger partial charge in [0, 0.05) is 12.1 Å². The lowest BCUT2D eigenvalue weighted by molar-refractivity contribution is -0.116. The van der Waals surface area contributed by atoms with Gasteiger partial charge in [0.2, 0.25) is 5.91 Å². The van der Waals surface area contributed by atoms with Gasteiger partial charge in [-0.3, -0.25) is 4.79 Å². The molecule has 1 aromatic rings.